The van der Waals surface area contributed by atoms with Gasteiger partial charge in [0, 0.05) is 19.0 Å². The number of rotatable bonds is 3. The molecule has 1 saturated heterocycles. The van der Waals surface area contributed by atoms with Crippen LogP contribution in [0.25, 0.3) is 0 Å². The molecule has 0 spiro atoms. The van der Waals surface area contributed by atoms with Crippen molar-refractivity contribution < 1.29 is 14.0 Å². The molecule has 1 aromatic heterocycles. The number of carbonyl (C=O) groups excluding carboxylic acids is 2. The number of hydrogen-bond acceptors (Lipinski definition) is 3. The number of halogens is 1. The summed E-state index contributed by atoms with van der Waals surface area (Å²) >= 11 is 1.42. The molecule has 23 heavy (non-hydrogen) atoms. The van der Waals surface area contributed by atoms with Gasteiger partial charge in [0.25, 0.3) is 5.91 Å². The second kappa shape index (κ2) is 6.91. The van der Waals surface area contributed by atoms with E-state index in [1.807, 2.05) is 17.5 Å². The third-order valence-corrected chi connectivity index (χ3v) is 4.87. The minimum absolute atomic E-state index is 0.0213. The van der Waals surface area contributed by atoms with Crippen molar-refractivity contribution in [1.82, 2.24) is 4.90 Å². The van der Waals surface area contributed by atoms with E-state index in [9.17, 15) is 14.0 Å². The summed E-state index contributed by atoms with van der Waals surface area (Å²) in [6.07, 6.45) is 1.19. The highest BCUT2D eigenvalue weighted by Crippen LogP contribution is 2.23. The van der Waals surface area contributed by atoms with Crippen LogP contribution in [0.2, 0.25) is 0 Å². The fourth-order valence-electron chi connectivity index (χ4n) is 2.70. The normalized spacial score (nSPS) is 15.4. The number of likely N-dealkylation sites (tertiary alicyclic amines) is 1. The van der Waals surface area contributed by atoms with Gasteiger partial charge in [-0.3, -0.25) is 9.59 Å². The number of carbonyl (C=O) groups is 2. The number of hydrogen-bond donors (Lipinski definition) is 1. The van der Waals surface area contributed by atoms with E-state index in [1.54, 1.807) is 23.1 Å². The van der Waals surface area contributed by atoms with Crippen LogP contribution in [-0.2, 0) is 4.79 Å². The number of nitrogens with one attached hydrogen (secondary N) is 1. The molecule has 0 atom stereocenters. The van der Waals surface area contributed by atoms with Crippen molar-refractivity contribution in [2.75, 3.05) is 18.4 Å². The Labute approximate surface area is 137 Å². The van der Waals surface area contributed by atoms with Crippen LogP contribution in [0.1, 0.15) is 22.5 Å². The first kappa shape index (κ1) is 15.7. The molecule has 2 heterocycles. The molecule has 1 aromatic carbocycles. The van der Waals surface area contributed by atoms with E-state index >= 15 is 0 Å². The summed E-state index contributed by atoms with van der Waals surface area (Å²) in [5.41, 5.74) is 0.203. The molecule has 120 valence electrons. The van der Waals surface area contributed by atoms with E-state index in [-0.39, 0.29) is 23.4 Å². The molecule has 1 aliphatic rings. The number of benzene rings is 1. The maximum atomic E-state index is 13.6. The van der Waals surface area contributed by atoms with Crippen LogP contribution >= 0.6 is 11.3 Å². The summed E-state index contributed by atoms with van der Waals surface area (Å²) in [7, 11) is 0. The zero-order chi connectivity index (χ0) is 16.2. The molecule has 1 aliphatic heterocycles. The van der Waals surface area contributed by atoms with Gasteiger partial charge >= 0.3 is 0 Å². The molecular formula is C17H17FN2O2S. The van der Waals surface area contributed by atoms with Gasteiger partial charge < -0.3 is 10.2 Å². The van der Waals surface area contributed by atoms with Gasteiger partial charge in [-0.25, -0.2) is 4.39 Å². The van der Waals surface area contributed by atoms with Crippen LogP contribution in [0.3, 0.4) is 0 Å². The molecule has 3 rings (SSSR count). The minimum Gasteiger partial charge on any atom is -0.338 e. The van der Waals surface area contributed by atoms with Gasteiger partial charge in [-0.05, 0) is 36.4 Å². The maximum absolute atomic E-state index is 13.6. The van der Waals surface area contributed by atoms with E-state index in [0.717, 1.165) is 4.88 Å². The van der Waals surface area contributed by atoms with Gasteiger partial charge in [-0.15, -0.1) is 11.3 Å². The number of thiophene rings is 1. The highest BCUT2D eigenvalue weighted by molar-refractivity contribution is 7.12. The molecule has 4 nitrogen and oxygen atoms in total. The van der Waals surface area contributed by atoms with Gasteiger partial charge in [-0.1, -0.05) is 18.2 Å². The molecule has 0 unspecified atom stereocenters. The Bertz CT molecular complexity index is 694. The van der Waals surface area contributed by atoms with Gasteiger partial charge in [0.05, 0.1) is 10.6 Å². The van der Waals surface area contributed by atoms with E-state index < -0.39 is 5.82 Å². The number of piperidine rings is 1. The standard InChI is InChI=1S/C17H17FN2O2S/c18-13-4-1-2-5-14(13)19-16(21)12-7-9-20(10-8-12)17(22)15-6-3-11-23-15/h1-6,11-12H,7-10H2,(H,19,21). The summed E-state index contributed by atoms with van der Waals surface area (Å²) in [6.45, 7) is 1.10. The molecule has 2 aromatic rings. The predicted octanol–water partition coefficient (Wildman–Crippen LogP) is 3.38. The third kappa shape index (κ3) is 3.59. The van der Waals surface area contributed by atoms with Crippen LogP contribution in [-0.4, -0.2) is 29.8 Å². The van der Waals surface area contributed by atoms with Gasteiger partial charge in [0.1, 0.15) is 5.82 Å². The lowest BCUT2D eigenvalue weighted by Crippen LogP contribution is -2.41. The first-order valence-corrected chi connectivity index (χ1v) is 8.41. The van der Waals surface area contributed by atoms with Crippen molar-refractivity contribution in [2.24, 2.45) is 5.92 Å². The minimum atomic E-state index is -0.439. The second-order valence-corrected chi connectivity index (χ2v) is 6.46. The Morgan fingerprint density at radius 2 is 1.87 bits per heavy atom. The second-order valence-electron chi connectivity index (χ2n) is 5.51. The number of nitrogens with zero attached hydrogens (tertiary/aromatic N) is 1. The lowest BCUT2D eigenvalue weighted by molar-refractivity contribution is -0.121. The van der Waals surface area contributed by atoms with Crippen molar-refractivity contribution in [3.05, 3.63) is 52.5 Å². The van der Waals surface area contributed by atoms with Gasteiger partial charge in [0.15, 0.2) is 0 Å². The van der Waals surface area contributed by atoms with Crippen LogP contribution in [0.5, 0.6) is 0 Å². The molecule has 6 heteroatoms. The molecule has 2 amide bonds. The van der Waals surface area contributed by atoms with E-state index in [2.05, 4.69) is 5.32 Å². The molecular weight excluding hydrogens is 315 g/mol. The topological polar surface area (TPSA) is 49.4 Å². The summed E-state index contributed by atoms with van der Waals surface area (Å²) in [5, 5.41) is 4.51. The van der Waals surface area contributed by atoms with Crippen molar-refractivity contribution in [1.29, 1.82) is 0 Å². The summed E-state index contributed by atoms with van der Waals surface area (Å²) in [6, 6.07) is 9.79. The summed E-state index contributed by atoms with van der Waals surface area (Å²) < 4.78 is 13.6. The fraction of sp³-hybridized carbons (Fsp3) is 0.294. The fourth-order valence-corrected chi connectivity index (χ4v) is 3.39. The average Bonchev–Trinajstić information content (AvgIpc) is 3.11. The summed E-state index contributed by atoms with van der Waals surface area (Å²) in [4.78, 5) is 27.0. The van der Waals surface area contributed by atoms with E-state index in [0.29, 0.717) is 25.9 Å². The molecule has 0 aliphatic carbocycles. The highest BCUT2D eigenvalue weighted by atomic mass is 32.1. The Balaban J connectivity index is 1.55. The average molecular weight is 332 g/mol. The first-order valence-electron chi connectivity index (χ1n) is 7.53. The van der Waals surface area contributed by atoms with Crippen LogP contribution in [0, 0.1) is 11.7 Å². The molecule has 1 N–H and O–H groups in total. The largest absolute Gasteiger partial charge is 0.338 e. The van der Waals surface area contributed by atoms with Gasteiger partial charge in [-0.2, -0.15) is 0 Å². The van der Waals surface area contributed by atoms with Crippen molar-refractivity contribution in [2.45, 2.75) is 12.8 Å². The zero-order valence-corrected chi connectivity index (χ0v) is 13.3. The smallest absolute Gasteiger partial charge is 0.263 e. The Hall–Kier alpha value is -2.21. The predicted molar refractivity (Wildman–Crippen MR) is 88.0 cm³/mol. The van der Waals surface area contributed by atoms with E-state index in [1.165, 1.54) is 17.4 Å². The molecule has 1 fully saturated rings. The third-order valence-electron chi connectivity index (χ3n) is 4.02. The van der Waals surface area contributed by atoms with Crippen LogP contribution in [0.15, 0.2) is 41.8 Å². The number of para-hydroxylation sites is 1. The summed E-state index contributed by atoms with van der Waals surface area (Å²) in [5.74, 6) is -0.792. The Morgan fingerprint density at radius 3 is 2.52 bits per heavy atom. The van der Waals surface area contributed by atoms with Crippen molar-refractivity contribution in [3.63, 3.8) is 0 Å². The Morgan fingerprint density at radius 1 is 1.13 bits per heavy atom. The van der Waals surface area contributed by atoms with Gasteiger partial charge in [0.2, 0.25) is 5.91 Å². The monoisotopic (exact) mass is 332 g/mol. The molecule has 0 bridgehead atoms. The van der Waals surface area contributed by atoms with Crippen LogP contribution < -0.4 is 5.32 Å². The van der Waals surface area contributed by atoms with Crippen molar-refractivity contribution in [3.8, 4) is 0 Å². The lowest BCUT2D eigenvalue weighted by atomic mass is 9.95. The number of anilines is 1. The zero-order valence-electron chi connectivity index (χ0n) is 12.5. The quantitative estimate of drug-likeness (QED) is 0.937. The maximum Gasteiger partial charge on any atom is 0.263 e. The first-order chi connectivity index (χ1) is 11.1. The SMILES string of the molecule is O=C(Nc1ccccc1F)C1CCN(C(=O)c2cccs2)CC1. The lowest BCUT2D eigenvalue weighted by Gasteiger charge is -2.31. The van der Waals surface area contributed by atoms with Crippen LogP contribution in [0.4, 0.5) is 10.1 Å². The Kier molecular flexibility index (Phi) is 4.71. The van der Waals surface area contributed by atoms with Crippen molar-refractivity contribution >= 4 is 28.8 Å². The molecule has 0 saturated carbocycles. The van der Waals surface area contributed by atoms with E-state index in [4.69, 9.17) is 0 Å². The number of amides is 2. The highest BCUT2D eigenvalue weighted by Gasteiger charge is 2.28. The molecule has 0 radical (unpaired) electrons.